The molecule has 0 spiro atoms. The zero-order chi connectivity index (χ0) is 14.7. The Morgan fingerprint density at radius 2 is 1.95 bits per heavy atom. The Hall–Kier alpha value is -0.900. The number of likely N-dealkylation sites (tertiary alicyclic amines) is 1. The monoisotopic (exact) mass is 293 g/mol. The number of rotatable bonds is 5. The summed E-state index contributed by atoms with van der Waals surface area (Å²) in [6.45, 7) is 4.79. The first kappa shape index (κ1) is 16.2. The Kier molecular flexibility index (Phi) is 5.13. The fourth-order valence-corrected chi connectivity index (χ4v) is 3.61. The molecule has 0 aromatic carbocycles. The number of amidine groups is 1. The van der Waals surface area contributed by atoms with Crippen LogP contribution in [0.4, 0.5) is 0 Å². The number of piperidine rings is 1. The number of hydrogen-bond donors (Lipinski definition) is 4. The quantitative estimate of drug-likeness (QED) is 0.225. The van der Waals surface area contributed by atoms with Crippen LogP contribution in [0.3, 0.4) is 0 Å². The van der Waals surface area contributed by atoms with Crippen molar-refractivity contribution in [2.45, 2.75) is 38.3 Å². The molecule has 0 amide bonds. The van der Waals surface area contributed by atoms with Crippen LogP contribution in [0.5, 0.6) is 0 Å². The van der Waals surface area contributed by atoms with Gasteiger partial charge in [-0.15, -0.1) is 0 Å². The smallest absolute Gasteiger partial charge is 0.278 e. The molecule has 0 aromatic rings. The molecule has 0 saturated carbocycles. The molecule has 1 aliphatic heterocycles. The molecule has 1 heterocycles. The molecule has 112 valence electrons. The molecule has 1 saturated heterocycles. The van der Waals surface area contributed by atoms with Gasteiger partial charge in [0.1, 0.15) is 0 Å². The van der Waals surface area contributed by atoms with Crippen molar-refractivity contribution in [3.05, 3.63) is 0 Å². The summed E-state index contributed by atoms with van der Waals surface area (Å²) in [5.74, 6) is -0.102. The van der Waals surface area contributed by atoms with Crippen LogP contribution in [0.2, 0.25) is 0 Å². The van der Waals surface area contributed by atoms with Gasteiger partial charge in [-0.1, -0.05) is 5.16 Å². The fraction of sp³-hybridized carbons (Fsp3) is 0.900. The molecule has 1 aliphatic rings. The number of oxime groups is 1. The maximum absolute atomic E-state index is 12.0. The molecule has 0 unspecified atom stereocenters. The Labute approximate surface area is 114 Å². The lowest BCUT2D eigenvalue weighted by Crippen LogP contribution is -2.64. The largest absolute Gasteiger partial charge is 0.409 e. The predicted octanol–water partition coefficient (Wildman–Crippen LogP) is -0.970. The van der Waals surface area contributed by atoms with Gasteiger partial charge in [0.2, 0.25) is 0 Å². The molecular weight excluding hydrogens is 270 g/mol. The molecule has 19 heavy (non-hydrogen) atoms. The van der Waals surface area contributed by atoms with Crippen LogP contribution in [0, 0.1) is 0 Å². The van der Waals surface area contributed by atoms with E-state index in [1.54, 1.807) is 13.8 Å². The number of nitrogens with one attached hydrogen (secondary N) is 2. The molecule has 0 bridgehead atoms. The van der Waals surface area contributed by atoms with E-state index in [2.05, 4.69) is 19.5 Å². The van der Waals surface area contributed by atoms with Gasteiger partial charge in [-0.3, -0.25) is 0 Å². The van der Waals surface area contributed by atoms with Gasteiger partial charge in [0, 0.05) is 19.1 Å². The summed E-state index contributed by atoms with van der Waals surface area (Å²) in [4.78, 5) is 2.06. The lowest BCUT2D eigenvalue weighted by atomic mass is 9.88. The lowest BCUT2D eigenvalue weighted by Gasteiger charge is -2.39. The summed E-state index contributed by atoms with van der Waals surface area (Å²) < 4.78 is 28.9. The van der Waals surface area contributed by atoms with Crippen LogP contribution in [-0.2, 0) is 10.2 Å². The van der Waals surface area contributed by atoms with Crippen LogP contribution in [-0.4, -0.2) is 56.1 Å². The normalized spacial score (nSPS) is 21.8. The molecule has 1 fully saturated rings. The highest BCUT2D eigenvalue weighted by atomic mass is 32.2. The minimum atomic E-state index is -3.70. The van der Waals surface area contributed by atoms with Gasteiger partial charge in [0.25, 0.3) is 10.2 Å². The zero-order valence-electron chi connectivity index (χ0n) is 11.5. The molecular formula is C10H23N5O3S. The Morgan fingerprint density at radius 1 is 1.42 bits per heavy atom. The van der Waals surface area contributed by atoms with Crippen molar-refractivity contribution in [1.29, 1.82) is 0 Å². The van der Waals surface area contributed by atoms with Crippen LogP contribution in [0.1, 0.15) is 26.7 Å². The molecule has 0 aliphatic carbocycles. The summed E-state index contributed by atoms with van der Waals surface area (Å²) in [5.41, 5.74) is 4.67. The van der Waals surface area contributed by atoms with Crippen LogP contribution in [0.15, 0.2) is 5.16 Å². The third kappa shape index (κ3) is 4.30. The summed E-state index contributed by atoms with van der Waals surface area (Å²) in [5, 5.41) is 11.9. The summed E-state index contributed by atoms with van der Waals surface area (Å²) >= 11 is 0. The average Bonchev–Trinajstić information content (AvgIpc) is 2.29. The van der Waals surface area contributed by atoms with Gasteiger partial charge in [0.05, 0.1) is 5.54 Å². The van der Waals surface area contributed by atoms with E-state index in [0.29, 0.717) is 25.9 Å². The minimum Gasteiger partial charge on any atom is -0.409 e. The van der Waals surface area contributed by atoms with E-state index in [0.717, 1.165) is 0 Å². The second kappa shape index (κ2) is 6.04. The standard InChI is InChI=1S/C10H23N5O3S/c1-8(2)13-19(17,18)14-10(9(11)12-16)4-6-15(3)7-5-10/h8,13-14,16H,4-7H2,1-3H3,(H2,11,12). The van der Waals surface area contributed by atoms with Crippen molar-refractivity contribution in [1.82, 2.24) is 14.3 Å². The summed E-state index contributed by atoms with van der Waals surface area (Å²) in [7, 11) is -1.76. The lowest BCUT2D eigenvalue weighted by molar-refractivity contribution is 0.212. The first-order valence-electron chi connectivity index (χ1n) is 6.18. The molecule has 0 radical (unpaired) electrons. The van der Waals surface area contributed by atoms with Gasteiger partial charge in [0.15, 0.2) is 5.84 Å². The Bertz CT molecular complexity index is 426. The fourth-order valence-electron chi connectivity index (χ4n) is 2.10. The highest BCUT2D eigenvalue weighted by molar-refractivity contribution is 7.87. The van der Waals surface area contributed by atoms with Crippen LogP contribution < -0.4 is 15.2 Å². The highest BCUT2D eigenvalue weighted by Gasteiger charge is 2.41. The molecule has 0 aromatic heterocycles. The van der Waals surface area contributed by atoms with Crippen molar-refractivity contribution < 1.29 is 13.6 Å². The van der Waals surface area contributed by atoms with Crippen molar-refractivity contribution in [2.75, 3.05) is 20.1 Å². The predicted molar refractivity (Wildman–Crippen MR) is 73.2 cm³/mol. The van der Waals surface area contributed by atoms with E-state index in [1.807, 2.05) is 7.05 Å². The van der Waals surface area contributed by atoms with Gasteiger partial charge in [-0.05, 0) is 33.7 Å². The number of hydrogen-bond acceptors (Lipinski definition) is 5. The van der Waals surface area contributed by atoms with E-state index in [9.17, 15) is 8.42 Å². The van der Waals surface area contributed by atoms with E-state index in [4.69, 9.17) is 10.9 Å². The Balaban J connectivity index is 2.94. The van der Waals surface area contributed by atoms with E-state index in [-0.39, 0.29) is 11.9 Å². The topological polar surface area (TPSA) is 120 Å². The SMILES string of the molecule is CC(C)NS(=O)(=O)NC1(C(N)=NO)CCN(C)CC1. The van der Waals surface area contributed by atoms with E-state index >= 15 is 0 Å². The van der Waals surface area contributed by atoms with Gasteiger partial charge in [-0.25, -0.2) is 0 Å². The van der Waals surface area contributed by atoms with Gasteiger partial charge in [-0.2, -0.15) is 17.9 Å². The maximum Gasteiger partial charge on any atom is 0.278 e. The van der Waals surface area contributed by atoms with Crippen molar-refractivity contribution in [2.24, 2.45) is 10.9 Å². The number of nitrogens with two attached hydrogens (primary N) is 1. The first-order chi connectivity index (χ1) is 8.71. The van der Waals surface area contributed by atoms with Crippen LogP contribution >= 0.6 is 0 Å². The Morgan fingerprint density at radius 3 is 2.37 bits per heavy atom. The van der Waals surface area contributed by atoms with Gasteiger partial charge >= 0.3 is 0 Å². The molecule has 8 nitrogen and oxygen atoms in total. The summed E-state index contributed by atoms with van der Waals surface area (Å²) in [6.07, 6.45) is 0.913. The van der Waals surface area contributed by atoms with E-state index in [1.165, 1.54) is 0 Å². The minimum absolute atomic E-state index is 0.102. The second-order valence-corrected chi connectivity index (χ2v) is 6.70. The summed E-state index contributed by atoms with van der Waals surface area (Å²) in [6, 6.07) is -0.229. The molecule has 9 heteroatoms. The van der Waals surface area contributed by atoms with Crippen molar-refractivity contribution in [3.8, 4) is 0 Å². The highest BCUT2D eigenvalue weighted by Crippen LogP contribution is 2.22. The average molecular weight is 293 g/mol. The second-order valence-electron chi connectivity index (χ2n) is 5.25. The van der Waals surface area contributed by atoms with E-state index < -0.39 is 15.7 Å². The van der Waals surface area contributed by atoms with Crippen molar-refractivity contribution >= 4 is 16.0 Å². The third-order valence-corrected chi connectivity index (χ3v) is 4.60. The van der Waals surface area contributed by atoms with Crippen LogP contribution in [0.25, 0.3) is 0 Å². The zero-order valence-corrected chi connectivity index (χ0v) is 12.4. The third-order valence-electron chi connectivity index (χ3n) is 3.16. The maximum atomic E-state index is 12.0. The molecule has 5 N–H and O–H groups in total. The number of nitrogens with zero attached hydrogens (tertiary/aromatic N) is 2. The van der Waals surface area contributed by atoms with Crippen molar-refractivity contribution in [3.63, 3.8) is 0 Å². The van der Waals surface area contributed by atoms with Gasteiger partial charge < -0.3 is 15.8 Å². The first-order valence-corrected chi connectivity index (χ1v) is 7.67. The molecule has 0 atom stereocenters. The molecule has 1 rings (SSSR count).